The van der Waals surface area contributed by atoms with Crippen LogP contribution in [0.3, 0.4) is 0 Å². The van der Waals surface area contributed by atoms with Gasteiger partial charge in [0.15, 0.2) is 0 Å². The predicted molar refractivity (Wildman–Crippen MR) is 160 cm³/mol. The number of aromatic hydroxyl groups is 1. The van der Waals surface area contributed by atoms with Crippen molar-refractivity contribution in [2.75, 3.05) is 48.0 Å². The summed E-state index contributed by atoms with van der Waals surface area (Å²) in [5, 5.41) is 32.0. The summed E-state index contributed by atoms with van der Waals surface area (Å²) in [6.45, 7) is -12.0. The molecular weight excluding hydrogens is 488 g/mol. The van der Waals surface area contributed by atoms with Crippen LogP contribution in [0.15, 0.2) is 48.5 Å². The molecule has 6 heteroatoms. The molecule has 0 unspecified atom stereocenters. The zero-order chi connectivity index (χ0) is 41.0. The average molecular weight is 556 g/mol. The summed E-state index contributed by atoms with van der Waals surface area (Å²) >= 11 is 0. The lowest BCUT2D eigenvalue weighted by atomic mass is 9.72. The maximum atomic E-state index is 11.3. The number of rotatable bonds is 9. The van der Waals surface area contributed by atoms with E-state index in [4.69, 9.17) is 25.3 Å². The van der Waals surface area contributed by atoms with Crippen LogP contribution in [0.4, 0.5) is 0 Å². The van der Waals surface area contributed by atoms with Crippen molar-refractivity contribution in [3.05, 3.63) is 59.7 Å². The molecule has 0 bridgehead atoms. The van der Waals surface area contributed by atoms with Gasteiger partial charge in [-0.15, -0.1) is 0 Å². The Kier molecular flexibility index (Phi) is 6.08. The maximum Gasteiger partial charge on any atom is 0.118 e. The number of nitrogens with zero attached hydrogens (tertiary/aromatic N) is 2. The van der Waals surface area contributed by atoms with Gasteiger partial charge in [-0.3, -0.25) is 0 Å². The first-order valence-electron chi connectivity index (χ1n) is 21.1. The maximum absolute atomic E-state index is 11.3. The van der Waals surface area contributed by atoms with E-state index in [2.05, 4.69) is 0 Å². The number of phenolic OH excluding ortho intramolecular Hbond substituents is 1. The van der Waals surface area contributed by atoms with E-state index < -0.39 is 58.0 Å². The molecule has 0 saturated heterocycles. The van der Waals surface area contributed by atoms with Crippen LogP contribution in [0.2, 0.25) is 0 Å². The summed E-state index contributed by atoms with van der Waals surface area (Å²) in [4.78, 5) is 0.966. The van der Waals surface area contributed by atoms with Crippen molar-refractivity contribution >= 4 is 0 Å². The van der Waals surface area contributed by atoms with Gasteiger partial charge in [-0.2, -0.15) is 0 Å². The predicted octanol–water partition coefficient (Wildman–Crippen LogP) is 5.77. The summed E-state index contributed by atoms with van der Waals surface area (Å²) in [6.07, 6.45) is 6.93. The lowest BCUT2D eigenvalue weighted by Gasteiger charge is -2.40. The van der Waals surface area contributed by atoms with E-state index >= 15 is 0 Å². The SMILES string of the molecule is [2H]C([2H])([2H])N(C[C@@H](c1ccc(O)cc1)C1(O)CCCCC1)C([2H])([2H])[2H].[2H]C([2H])([2H])Oc1ccc([C@H](CN(C([2H])([2H])[2H])C([2H])([2H])[2H])C2(O)CCCCC2)cc1. The lowest BCUT2D eigenvalue weighted by Crippen LogP contribution is -2.42. The second-order valence-corrected chi connectivity index (χ2v) is 10.9. The number of aliphatic hydroxyl groups is 2. The third-order valence-electron chi connectivity index (χ3n) is 8.16. The number of likely N-dealkylation sites (N-methyl/N-ethyl adjacent to an activating group) is 2. The highest BCUT2D eigenvalue weighted by molar-refractivity contribution is 5.32. The van der Waals surface area contributed by atoms with Gasteiger partial charge >= 0.3 is 0 Å². The number of phenols is 1. The van der Waals surface area contributed by atoms with Gasteiger partial charge in [0.2, 0.25) is 0 Å². The minimum Gasteiger partial charge on any atom is -0.508 e. The first-order chi connectivity index (χ1) is 24.6. The number of hydrogen-bond donors (Lipinski definition) is 3. The van der Waals surface area contributed by atoms with Crippen LogP contribution >= 0.6 is 0 Å². The van der Waals surface area contributed by atoms with Crippen LogP contribution in [0, 0.1) is 0 Å². The first-order valence-corrected chi connectivity index (χ1v) is 13.6. The van der Waals surface area contributed by atoms with Crippen LogP contribution in [0.25, 0.3) is 0 Å². The molecule has 0 radical (unpaired) electrons. The zero-order valence-electron chi connectivity index (χ0n) is 37.4. The average Bonchev–Trinajstić information content (AvgIpc) is 3.00. The Morgan fingerprint density at radius 3 is 1.49 bits per heavy atom. The number of hydrogen-bond acceptors (Lipinski definition) is 6. The van der Waals surface area contributed by atoms with Crippen LogP contribution in [-0.4, -0.2) is 84.4 Å². The van der Waals surface area contributed by atoms with Crippen molar-refractivity contribution in [3.8, 4) is 11.5 Å². The Balaban J connectivity index is 0.000000294. The van der Waals surface area contributed by atoms with Gasteiger partial charge in [0.25, 0.3) is 0 Å². The third kappa shape index (κ3) is 8.94. The number of benzene rings is 2. The molecule has 2 aromatic carbocycles. The van der Waals surface area contributed by atoms with E-state index in [0.717, 1.165) is 38.5 Å². The summed E-state index contributed by atoms with van der Waals surface area (Å²) in [5.74, 6) is -1.28. The Morgan fingerprint density at radius 1 is 0.692 bits per heavy atom. The van der Waals surface area contributed by atoms with E-state index in [1.807, 2.05) is 0 Å². The molecule has 6 nitrogen and oxygen atoms in total. The standard InChI is InChI=1S/C17H27NO2.C16H25NO2/c1-18(2)13-16(17(19)11-5-4-6-12-17)14-7-9-15(20-3)10-8-14;1-17(2)12-15(13-6-8-14(18)9-7-13)16(19)10-4-3-5-11-16/h7-10,16,19H,4-6,11-13H2,1-3H3;6-9,15,18-19H,3-5,10-12H2,1-2H3/t16-;15-/m00/s1/i1D3,2D3,3D3;1D3,2D3. The largest absolute Gasteiger partial charge is 0.508 e. The van der Waals surface area contributed by atoms with E-state index in [0.29, 0.717) is 46.6 Å². The zero-order valence-corrected chi connectivity index (χ0v) is 22.4. The van der Waals surface area contributed by atoms with Crippen molar-refractivity contribution in [3.63, 3.8) is 0 Å². The third-order valence-corrected chi connectivity index (χ3v) is 8.16. The minimum absolute atomic E-state index is 0.0571. The molecule has 0 aromatic heterocycles. The summed E-state index contributed by atoms with van der Waals surface area (Å²) in [7, 11) is -2.61. The van der Waals surface area contributed by atoms with Gasteiger partial charge < -0.3 is 29.9 Å². The van der Waals surface area contributed by atoms with Gasteiger partial charge in [-0.25, -0.2) is 0 Å². The highest BCUT2D eigenvalue weighted by Crippen LogP contribution is 2.41. The van der Waals surface area contributed by atoms with E-state index in [1.54, 1.807) is 24.3 Å². The van der Waals surface area contributed by atoms with Gasteiger partial charge in [0.1, 0.15) is 11.5 Å². The van der Waals surface area contributed by atoms with E-state index in [-0.39, 0.29) is 24.6 Å². The molecule has 2 atom stereocenters. The van der Waals surface area contributed by atoms with Crippen LogP contribution < -0.4 is 4.74 Å². The Morgan fingerprint density at radius 2 is 1.10 bits per heavy atom. The molecule has 0 amide bonds. The Bertz CT molecular complexity index is 1420. The second kappa shape index (κ2) is 14.5. The van der Waals surface area contributed by atoms with Crippen molar-refractivity contribution < 1.29 is 40.6 Å². The quantitative estimate of drug-likeness (QED) is 0.365. The summed E-state index contributed by atoms with van der Waals surface area (Å²) in [6, 6.07) is 12.1. The molecule has 0 spiro atoms. The van der Waals surface area contributed by atoms with E-state index in [1.165, 1.54) is 24.3 Å². The fraction of sp³-hybridized carbons (Fsp3) is 0.636. The molecule has 2 aliphatic carbocycles. The normalized spacial score (nSPS) is 27.4. The molecule has 0 aliphatic heterocycles. The second-order valence-electron chi connectivity index (χ2n) is 10.9. The van der Waals surface area contributed by atoms with Crippen LogP contribution in [0.5, 0.6) is 11.5 Å². The van der Waals surface area contributed by atoms with Crippen molar-refractivity contribution in [2.45, 2.75) is 87.2 Å². The van der Waals surface area contributed by atoms with Crippen molar-refractivity contribution in [1.82, 2.24) is 9.80 Å². The fourth-order valence-corrected chi connectivity index (χ4v) is 6.04. The molecule has 2 fully saturated rings. The molecule has 39 heavy (non-hydrogen) atoms. The van der Waals surface area contributed by atoms with Gasteiger partial charge in [0.05, 0.1) is 22.4 Å². The summed E-state index contributed by atoms with van der Waals surface area (Å²) in [5.41, 5.74) is -1.25. The molecule has 2 aromatic rings. The Labute approximate surface area is 257 Å². The van der Waals surface area contributed by atoms with Crippen molar-refractivity contribution in [2.24, 2.45) is 0 Å². The molecule has 2 saturated carbocycles. The Hall–Kier alpha value is -2.12. The molecule has 3 N–H and O–H groups in total. The van der Waals surface area contributed by atoms with Gasteiger partial charge in [-0.05, 0) is 89.0 Å². The van der Waals surface area contributed by atoms with E-state index in [9.17, 15) is 15.3 Å². The molecule has 218 valence electrons. The molecule has 4 rings (SSSR count). The van der Waals surface area contributed by atoms with Gasteiger partial charge in [0, 0.05) is 41.4 Å². The monoisotopic (exact) mass is 555 g/mol. The molecule has 2 aliphatic rings. The van der Waals surface area contributed by atoms with Crippen LogP contribution in [0.1, 0.15) is 108 Å². The van der Waals surface area contributed by atoms with Gasteiger partial charge in [-0.1, -0.05) is 62.8 Å². The smallest absolute Gasteiger partial charge is 0.118 e. The molecule has 0 heterocycles. The summed E-state index contributed by atoms with van der Waals surface area (Å²) < 4.78 is 118. The topological polar surface area (TPSA) is 76.4 Å². The highest BCUT2D eigenvalue weighted by atomic mass is 16.5. The lowest BCUT2D eigenvalue weighted by molar-refractivity contribution is -0.0280. The fourth-order valence-electron chi connectivity index (χ4n) is 6.04. The number of ether oxygens (including phenoxy) is 1. The van der Waals surface area contributed by atoms with Crippen molar-refractivity contribution in [1.29, 1.82) is 0 Å². The first kappa shape index (κ1) is 16.4. The molecular formula is C33H52N2O4. The minimum atomic E-state index is -2.86. The highest BCUT2D eigenvalue weighted by Gasteiger charge is 2.40. The number of methoxy groups -OCH3 is 1. The van der Waals surface area contributed by atoms with Crippen LogP contribution in [-0.2, 0) is 0 Å².